The summed E-state index contributed by atoms with van der Waals surface area (Å²) in [5, 5.41) is 16.4. The smallest absolute Gasteiger partial charge is 0.255 e. The standard InChI is InChI=1S/C47H63N9O7S/c1-30-31(2)53-54-43(30)52-44-34-25-40(64(61,62)47(3,4)5)39(26-37(34)48-29-49-44)63-28-32-20-23-55(24-21-32)22-13-11-9-7-6-8-10-12-17-41(57)50-36-16-14-15-33-35(36)27-56(46(33)60)38-18-19-42(58)51-45(38)59/h14-16,25-26,29,32,38H,6-13,17-24,27-28H2,1-5H3,(H,50,57)(H,51,58,59)(H2,48,49,52,53,54). The first-order chi connectivity index (χ1) is 30.6. The third-order valence-corrected chi connectivity index (χ3v) is 15.5. The normalized spacial score (nSPS) is 17.5. The number of benzene rings is 2. The highest BCUT2D eigenvalue weighted by molar-refractivity contribution is 7.92. The minimum atomic E-state index is -3.78. The van der Waals surface area contributed by atoms with Gasteiger partial charge < -0.3 is 25.2 Å². The molecule has 344 valence electrons. The average Bonchev–Trinajstić information content (AvgIpc) is 3.77. The zero-order valence-electron chi connectivity index (χ0n) is 37.8. The lowest BCUT2D eigenvalue weighted by Crippen LogP contribution is -2.52. The molecule has 2 aromatic carbocycles. The first-order valence-electron chi connectivity index (χ1n) is 22.8. The lowest BCUT2D eigenvalue weighted by atomic mass is 9.97. The van der Waals surface area contributed by atoms with Crippen LogP contribution < -0.4 is 20.7 Å². The van der Waals surface area contributed by atoms with Gasteiger partial charge in [-0.2, -0.15) is 5.10 Å². The van der Waals surface area contributed by atoms with Gasteiger partial charge in [0.15, 0.2) is 15.7 Å². The van der Waals surface area contributed by atoms with Crippen molar-refractivity contribution in [1.29, 1.82) is 0 Å². The number of amides is 4. The second-order valence-corrected chi connectivity index (χ2v) is 21.2. The lowest BCUT2D eigenvalue weighted by molar-refractivity contribution is -0.137. The maximum absolute atomic E-state index is 13.9. The maximum atomic E-state index is 13.9. The Balaban J connectivity index is 0.780. The number of ether oxygens (including phenoxy) is 1. The fourth-order valence-electron chi connectivity index (χ4n) is 8.72. The molecule has 0 saturated carbocycles. The van der Waals surface area contributed by atoms with Crippen molar-refractivity contribution >= 4 is 61.7 Å². The summed E-state index contributed by atoms with van der Waals surface area (Å²) in [5.74, 6) is 0.605. The molecule has 16 nitrogen and oxygen atoms in total. The minimum absolute atomic E-state index is 0.0858. The van der Waals surface area contributed by atoms with Crippen LogP contribution in [0, 0.1) is 19.8 Å². The van der Waals surface area contributed by atoms with Crippen molar-refractivity contribution in [1.82, 2.24) is 35.3 Å². The molecule has 4 aromatic rings. The molecule has 2 saturated heterocycles. The van der Waals surface area contributed by atoms with Crippen molar-refractivity contribution in [2.24, 2.45) is 5.92 Å². The van der Waals surface area contributed by atoms with Crippen LogP contribution in [0.25, 0.3) is 10.9 Å². The van der Waals surface area contributed by atoms with E-state index in [0.717, 1.165) is 75.8 Å². The van der Waals surface area contributed by atoms with E-state index in [4.69, 9.17) is 4.74 Å². The number of nitrogens with zero attached hydrogens (tertiary/aromatic N) is 5. The predicted octanol–water partition coefficient (Wildman–Crippen LogP) is 7.29. The molecule has 0 bridgehead atoms. The second kappa shape index (κ2) is 20.2. The number of carbonyl (C=O) groups is 4. The molecule has 0 spiro atoms. The molecule has 3 aliphatic rings. The molecule has 2 fully saturated rings. The number of likely N-dealkylation sites (tertiary alicyclic amines) is 1. The number of H-pyrrole nitrogens is 1. The van der Waals surface area contributed by atoms with Crippen molar-refractivity contribution in [3.63, 3.8) is 0 Å². The van der Waals surface area contributed by atoms with Gasteiger partial charge in [-0.3, -0.25) is 29.6 Å². The van der Waals surface area contributed by atoms with Gasteiger partial charge in [0.1, 0.15) is 28.8 Å². The van der Waals surface area contributed by atoms with Crippen LogP contribution in [0.1, 0.15) is 131 Å². The lowest BCUT2D eigenvalue weighted by Gasteiger charge is -2.32. The number of aromatic nitrogens is 4. The van der Waals surface area contributed by atoms with Crippen LogP contribution in [0.15, 0.2) is 41.6 Å². The van der Waals surface area contributed by atoms with E-state index in [2.05, 4.69) is 41.0 Å². The number of fused-ring (bicyclic) bond motifs is 2. The van der Waals surface area contributed by atoms with Gasteiger partial charge in [-0.15, -0.1) is 0 Å². The van der Waals surface area contributed by atoms with Crippen LogP contribution in [0.2, 0.25) is 0 Å². The first-order valence-corrected chi connectivity index (χ1v) is 24.3. The number of unbranched alkanes of at least 4 members (excludes halogenated alkanes) is 7. The fraction of sp³-hybridized carbons (Fsp3) is 0.553. The van der Waals surface area contributed by atoms with E-state index in [1.165, 1.54) is 30.5 Å². The summed E-state index contributed by atoms with van der Waals surface area (Å²) in [4.78, 5) is 63.0. The first kappa shape index (κ1) is 46.6. The number of aryl methyl sites for hydroxylation is 1. The minimum Gasteiger partial charge on any atom is -0.492 e. The molecule has 1 unspecified atom stereocenters. The van der Waals surface area contributed by atoms with Crippen LogP contribution in [-0.2, 0) is 30.8 Å². The number of carbonyl (C=O) groups excluding carboxylic acids is 4. The van der Waals surface area contributed by atoms with Gasteiger partial charge in [-0.05, 0) is 110 Å². The Kier molecular flexibility index (Phi) is 14.7. The van der Waals surface area contributed by atoms with Crippen LogP contribution in [0.3, 0.4) is 0 Å². The molecular weight excluding hydrogens is 835 g/mol. The monoisotopic (exact) mass is 897 g/mol. The van der Waals surface area contributed by atoms with Gasteiger partial charge >= 0.3 is 0 Å². The summed E-state index contributed by atoms with van der Waals surface area (Å²) in [6.07, 6.45) is 13.0. The Morgan fingerprint density at radius 3 is 2.33 bits per heavy atom. The molecule has 1 atom stereocenters. The van der Waals surface area contributed by atoms with E-state index in [1.807, 2.05) is 13.8 Å². The van der Waals surface area contributed by atoms with Crippen molar-refractivity contribution < 1.29 is 32.3 Å². The molecule has 5 heterocycles. The molecular formula is C47H63N9O7S. The van der Waals surface area contributed by atoms with E-state index < -0.39 is 26.5 Å². The van der Waals surface area contributed by atoms with E-state index in [-0.39, 0.29) is 35.6 Å². The Labute approximate surface area is 376 Å². The summed E-state index contributed by atoms with van der Waals surface area (Å²) < 4.78 is 33.2. The number of anilines is 3. The van der Waals surface area contributed by atoms with Crippen molar-refractivity contribution in [3.05, 3.63) is 59.0 Å². The summed E-state index contributed by atoms with van der Waals surface area (Å²) in [6.45, 7) is 12.7. The van der Waals surface area contributed by atoms with Crippen molar-refractivity contribution in [3.8, 4) is 5.75 Å². The molecule has 0 aliphatic carbocycles. The topological polar surface area (TPSA) is 209 Å². The SMILES string of the molecule is Cc1[nH]nc(Nc2ncnc3cc(OCC4CCN(CCCCCCCCCCC(=O)Nc5cccc6c5CN(C5CCC(=O)NC5=O)C6=O)CC4)c(S(=O)(=O)C(C)(C)C)cc23)c1C. The fourth-order valence-corrected chi connectivity index (χ4v) is 10.0. The number of aromatic amines is 1. The molecule has 3 aliphatic heterocycles. The zero-order chi connectivity index (χ0) is 45.6. The molecule has 2 aromatic heterocycles. The number of hydrogen-bond acceptors (Lipinski definition) is 12. The summed E-state index contributed by atoms with van der Waals surface area (Å²) in [7, 11) is -3.78. The van der Waals surface area contributed by atoms with Gasteiger partial charge in [-0.25, -0.2) is 18.4 Å². The van der Waals surface area contributed by atoms with Gasteiger partial charge in [0.2, 0.25) is 17.7 Å². The van der Waals surface area contributed by atoms with Crippen molar-refractivity contribution in [2.45, 2.75) is 140 Å². The average molecular weight is 898 g/mol. The number of hydrogen-bond donors (Lipinski definition) is 4. The molecule has 4 N–H and O–H groups in total. The number of rotatable bonds is 19. The maximum Gasteiger partial charge on any atom is 0.255 e. The molecule has 0 radical (unpaired) electrons. The Morgan fingerprint density at radius 2 is 1.64 bits per heavy atom. The largest absolute Gasteiger partial charge is 0.492 e. The van der Waals surface area contributed by atoms with E-state index in [1.54, 1.807) is 51.1 Å². The van der Waals surface area contributed by atoms with Gasteiger partial charge in [0, 0.05) is 58.9 Å². The molecule has 64 heavy (non-hydrogen) atoms. The van der Waals surface area contributed by atoms with Crippen LogP contribution in [0.4, 0.5) is 17.3 Å². The van der Waals surface area contributed by atoms with E-state index in [9.17, 15) is 27.6 Å². The summed E-state index contributed by atoms with van der Waals surface area (Å²) >= 11 is 0. The molecule has 7 rings (SSSR count). The Bertz CT molecular complexity index is 2470. The van der Waals surface area contributed by atoms with Gasteiger partial charge in [0.25, 0.3) is 5.91 Å². The number of nitrogens with one attached hydrogen (secondary N) is 4. The summed E-state index contributed by atoms with van der Waals surface area (Å²) in [5.41, 5.74) is 4.25. The van der Waals surface area contributed by atoms with Crippen molar-refractivity contribution in [2.75, 3.05) is 36.9 Å². The van der Waals surface area contributed by atoms with Gasteiger partial charge in [0.05, 0.1) is 16.9 Å². The highest BCUT2D eigenvalue weighted by Crippen LogP contribution is 2.38. The highest BCUT2D eigenvalue weighted by atomic mass is 32.2. The Morgan fingerprint density at radius 1 is 0.922 bits per heavy atom. The van der Waals surface area contributed by atoms with Gasteiger partial charge in [-0.1, -0.05) is 44.6 Å². The number of imide groups is 1. The number of piperidine rings is 2. The molecule has 17 heteroatoms. The third-order valence-electron chi connectivity index (χ3n) is 13.0. The van der Waals surface area contributed by atoms with Crippen LogP contribution in [0.5, 0.6) is 5.75 Å². The highest BCUT2D eigenvalue weighted by Gasteiger charge is 2.40. The predicted molar refractivity (Wildman–Crippen MR) is 245 cm³/mol. The number of sulfone groups is 1. The van der Waals surface area contributed by atoms with Crippen LogP contribution >= 0.6 is 0 Å². The second-order valence-electron chi connectivity index (χ2n) is 18.6. The molecule has 4 amide bonds. The van der Waals surface area contributed by atoms with Crippen LogP contribution in [-0.4, -0.2) is 99.0 Å². The van der Waals surface area contributed by atoms with E-state index >= 15 is 0 Å². The third kappa shape index (κ3) is 10.7. The zero-order valence-corrected chi connectivity index (χ0v) is 38.7. The Hall–Kier alpha value is -5.42. The summed E-state index contributed by atoms with van der Waals surface area (Å²) in [6, 6.07) is 7.92. The quantitative estimate of drug-likeness (QED) is 0.0541. The van der Waals surface area contributed by atoms with E-state index in [0.29, 0.717) is 70.5 Å².